The minimum Gasteiger partial charge on any atom is -0.493 e. The van der Waals surface area contributed by atoms with Crippen LogP contribution in [0.3, 0.4) is 0 Å². The SMILES string of the molecule is COc1ccc(CC(=O)CCC2CC2)cc1OC. The number of hydrogen-bond donors (Lipinski definition) is 0. The predicted molar refractivity (Wildman–Crippen MR) is 70.2 cm³/mol. The molecule has 0 N–H and O–H groups in total. The Labute approximate surface area is 108 Å². The van der Waals surface area contributed by atoms with Gasteiger partial charge in [0, 0.05) is 12.8 Å². The molecule has 1 aromatic rings. The van der Waals surface area contributed by atoms with Gasteiger partial charge in [0.2, 0.25) is 0 Å². The van der Waals surface area contributed by atoms with Crippen LogP contribution in [0.25, 0.3) is 0 Å². The molecule has 0 amide bonds. The Bertz CT molecular complexity index is 422. The van der Waals surface area contributed by atoms with Crippen molar-refractivity contribution >= 4 is 5.78 Å². The van der Waals surface area contributed by atoms with Gasteiger partial charge in [0.05, 0.1) is 14.2 Å². The number of ketones is 1. The third-order valence-electron chi connectivity index (χ3n) is 3.38. The van der Waals surface area contributed by atoms with E-state index in [0.717, 1.165) is 17.9 Å². The molecule has 0 aliphatic heterocycles. The van der Waals surface area contributed by atoms with Crippen LogP contribution in [-0.2, 0) is 11.2 Å². The Morgan fingerprint density at radius 3 is 2.56 bits per heavy atom. The molecule has 3 heteroatoms. The number of hydrogen-bond acceptors (Lipinski definition) is 3. The molecule has 1 aliphatic carbocycles. The standard InChI is InChI=1S/C15H20O3/c1-17-14-8-6-12(10-15(14)18-2)9-13(16)7-5-11-3-4-11/h6,8,10-11H,3-5,7,9H2,1-2H3. The van der Waals surface area contributed by atoms with Crippen molar-refractivity contribution in [3.05, 3.63) is 23.8 Å². The van der Waals surface area contributed by atoms with E-state index in [1.54, 1.807) is 14.2 Å². The van der Waals surface area contributed by atoms with Gasteiger partial charge in [-0.25, -0.2) is 0 Å². The average Bonchev–Trinajstić information content (AvgIpc) is 3.20. The van der Waals surface area contributed by atoms with Gasteiger partial charge in [-0.15, -0.1) is 0 Å². The normalized spacial score (nSPS) is 14.3. The molecule has 1 aliphatic rings. The highest BCUT2D eigenvalue weighted by molar-refractivity contribution is 5.81. The number of benzene rings is 1. The zero-order valence-corrected chi connectivity index (χ0v) is 11.1. The van der Waals surface area contributed by atoms with Crippen molar-refractivity contribution in [2.45, 2.75) is 32.1 Å². The van der Waals surface area contributed by atoms with Gasteiger partial charge in [-0.3, -0.25) is 4.79 Å². The zero-order valence-electron chi connectivity index (χ0n) is 11.1. The van der Waals surface area contributed by atoms with Crippen LogP contribution in [0.4, 0.5) is 0 Å². The lowest BCUT2D eigenvalue weighted by atomic mass is 10.0. The molecule has 0 radical (unpaired) electrons. The van der Waals surface area contributed by atoms with Crippen LogP contribution in [0.5, 0.6) is 11.5 Å². The van der Waals surface area contributed by atoms with Crippen LogP contribution < -0.4 is 9.47 Å². The van der Waals surface area contributed by atoms with Gasteiger partial charge in [0.1, 0.15) is 5.78 Å². The predicted octanol–water partition coefficient (Wildman–Crippen LogP) is 3.01. The Kier molecular flexibility index (Phi) is 4.24. The second-order valence-electron chi connectivity index (χ2n) is 4.89. The van der Waals surface area contributed by atoms with Crippen LogP contribution in [0.2, 0.25) is 0 Å². The molecule has 0 saturated heterocycles. The third-order valence-corrected chi connectivity index (χ3v) is 3.38. The highest BCUT2D eigenvalue weighted by Crippen LogP contribution is 2.33. The van der Waals surface area contributed by atoms with E-state index in [9.17, 15) is 4.79 Å². The van der Waals surface area contributed by atoms with E-state index < -0.39 is 0 Å². The maximum absolute atomic E-state index is 11.8. The summed E-state index contributed by atoms with van der Waals surface area (Å²) in [6.07, 6.45) is 4.88. The first-order chi connectivity index (χ1) is 8.72. The monoisotopic (exact) mass is 248 g/mol. The molecule has 0 spiro atoms. The van der Waals surface area contributed by atoms with E-state index in [-0.39, 0.29) is 0 Å². The number of rotatable bonds is 7. The minimum absolute atomic E-state index is 0.314. The van der Waals surface area contributed by atoms with Crippen LogP contribution in [0.15, 0.2) is 18.2 Å². The van der Waals surface area contributed by atoms with E-state index in [1.807, 2.05) is 18.2 Å². The summed E-state index contributed by atoms with van der Waals surface area (Å²) in [6.45, 7) is 0. The molecule has 0 bridgehead atoms. The molecular weight excluding hydrogens is 228 g/mol. The van der Waals surface area contributed by atoms with Gasteiger partial charge in [-0.2, -0.15) is 0 Å². The van der Waals surface area contributed by atoms with Gasteiger partial charge in [0.15, 0.2) is 11.5 Å². The fourth-order valence-electron chi connectivity index (χ4n) is 2.08. The van der Waals surface area contributed by atoms with Crippen LogP contribution in [0, 0.1) is 5.92 Å². The summed E-state index contributed by atoms with van der Waals surface area (Å²) in [5.74, 6) is 2.52. The molecule has 18 heavy (non-hydrogen) atoms. The zero-order chi connectivity index (χ0) is 13.0. The van der Waals surface area contributed by atoms with Crippen molar-refractivity contribution in [1.29, 1.82) is 0 Å². The van der Waals surface area contributed by atoms with Crippen molar-refractivity contribution in [3.63, 3.8) is 0 Å². The lowest BCUT2D eigenvalue weighted by molar-refractivity contribution is -0.118. The first kappa shape index (κ1) is 12.9. The Morgan fingerprint density at radius 2 is 1.94 bits per heavy atom. The molecule has 1 saturated carbocycles. The van der Waals surface area contributed by atoms with Gasteiger partial charge in [0.25, 0.3) is 0 Å². The van der Waals surface area contributed by atoms with Crippen LogP contribution >= 0.6 is 0 Å². The fraction of sp³-hybridized carbons (Fsp3) is 0.533. The van der Waals surface area contributed by atoms with Crippen molar-refractivity contribution in [2.24, 2.45) is 5.92 Å². The Morgan fingerprint density at radius 1 is 1.22 bits per heavy atom. The summed E-state index contributed by atoms with van der Waals surface area (Å²) < 4.78 is 10.4. The maximum atomic E-state index is 11.8. The molecule has 3 nitrogen and oxygen atoms in total. The quantitative estimate of drug-likeness (QED) is 0.744. The molecule has 0 unspecified atom stereocenters. The fourth-order valence-corrected chi connectivity index (χ4v) is 2.08. The molecule has 0 atom stereocenters. The summed E-state index contributed by atoms with van der Waals surface area (Å²) in [6, 6.07) is 5.66. The number of ether oxygens (including phenoxy) is 2. The van der Waals surface area contributed by atoms with Crippen molar-refractivity contribution in [1.82, 2.24) is 0 Å². The van der Waals surface area contributed by atoms with Crippen molar-refractivity contribution < 1.29 is 14.3 Å². The summed E-state index contributed by atoms with van der Waals surface area (Å²) >= 11 is 0. The van der Waals surface area contributed by atoms with Gasteiger partial charge < -0.3 is 9.47 Å². The van der Waals surface area contributed by atoms with Gasteiger partial charge >= 0.3 is 0 Å². The van der Waals surface area contributed by atoms with Gasteiger partial charge in [-0.1, -0.05) is 18.9 Å². The first-order valence-corrected chi connectivity index (χ1v) is 6.45. The smallest absolute Gasteiger partial charge is 0.161 e. The number of carbonyl (C=O) groups excluding carboxylic acids is 1. The molecule has 1 aromatic carbocycles. The second-order valence-corrected chi connectivity index (χ2v) is 4.89. The van der Waals surface area contributed by atoms with Crippen molar-refractivity contribution in [2.75, 3.05) is 14.2 Å². The minimum atomic E-state index is 0.314. The second kappa shape index (κ2) is 5.89. The molecule has 1 fully saturated rings. The van der Waals surface area contributed by atoms with Crippen LogP contribution in [-0.4, -0.2) is 20.0 Å². The first-order valence-electron chi connectivity index (χ1n) is 6.45. The summed E-state index contributed by atoms with van der Waals surface area (Å²) in [5, 5.41) is 0. The van der Waals surface area contributed by atoms with E-state index in [2.05, 4.69) is 0 Å². The van der Waals surface area contributed by atoms with Crippen molar-refractivity contribution in [3.8, 4) is 11.5 Å². The Hall–Kier alpha value is -1.51. The third kappa shape index (κ3) is 3.49. The molecule has 98 valence electrons. The molecular formula is C15H20O3. The topological polar surface area (TPSA) is 35.5 Å². The maximum Gasteiger partial charge on any atom is 0.161 e. The number of Topliss-reactive ketones (excluding diaryl/α,β-unsaturated/α-hetero) is 1. The molecule has 0 heterocycles. The van der Waals surface area contributed by atoms with E-state index in [0.29, 0.717) is 30.1 Å². The Balaban J connectivity index is 1.92. The average molecular weight is 248 g/mol. The van der Waals surface area contributed by atoms with Gasteiger partial charge in [-0.05, 0) is 30.0 Å². The van der Waals surface area contributed by atoms with Crippen LogP contribution in [0.1, 0.15) is 31.2 Å². The van der Waals surface area contributed by atoms with E-state index >= 15 is 0 Å². The lowest BCUT2D eigenvalue weighted by Crippen LogP contribution is -2.03. The molecule has 0 aromatic heterocycles. The number of carbonyl (C=O) groups is 1. The summed E-state index contributed by atoms with van der Waals surface area (Å²) in [4.78, 5) is 11.8. The highest BCUT2D eigenvalue weighted by atomic mass is 16.5. The number of methoxy groups -OCH3 is 2. The molecule has 2 rings (SSSR count). The summed E-state index contributed by atoms with van der Waals surface area (Å²) in [7, 11) is 3.22. The van der Waals surface area contributed by atoms with E-state index in [4.69, 9.17) is 9.47 Å². The largest absolute Gasteiger partial charge is 0.493 e. The van der Waals surface area contributed by atoms with E-state index in [1.165, 1.54) is 12.8 Å². The lowest BCUT2D eigenvalue weighted by Gasteiger charge is -2.09. The highest BCUT2D eigenvalue weighted by Gasteiger charge is 2.21. The summed E-state index contributed by atoms with van der Waals surface area (Å²) in [5.41, 5.74) is 0.994.